The third-order valence-electron chi connectivity index (χ3n) is 4.28. The second-order valence-electron chi connectivity index (χ2n) is 6.72. The molecule has 1 atom stereocenters. The Morgan fingerprint density at radius 1 is 0.793 bits per heavy atom. The zero-order valence-electron chi connectivity index (χ0n) is 16.0. The van der Waals surface area contributed by atoms with Gasteiger partial charge in [0.05, 0.1) is 19.5 Å². The van der Waals surface area contributed by atoms with E-state index in [0.29, 0.717) is 21.8 Å². The normalized spacial score (nSPS) is 13.5. The van der Waals surface area contributed by atoms with Crippen LogP contribution in [0.25, 0.3) is 0 Å². The molecule has 3 rings (SSSR count). The van der Waals surface area contributed by atoms with Crippen LogP contribution in [0.2, 0.25) is 0 Å². The molecule has 5 nitrogen and oxygen atoms in total. The van der Waals surface area contributed by atoms with Crippen molar-refractivity contribution in [2.24, 2.45) is 0 Å². The van der Waals surface area contributed by atoms with Crippen LogP contribution in [0.15, 0.2) is 81.4 Å². The molecule has 0 amide bonds. The summed E-state index contributed by atoms with van der Waals surface area (Å²) >= 11 is 4.23. The molecule has 0 aliphatic rings. The van der Waals surface area contributed by atoms with Crippen molar-refractivity contribution in [2.75, 3.05) is 9.44 Å². The molecule has 3 aromatic rings. The van der Waals surface area contributed by atoms with Crippen LogP contribution in [-0.4, -0.2) is 18.5 Å². The lowest BCUT2D eigenvalue weighted by molar-refractivity contribution is 0.601. The maximum atomic E-state index is 13.3. The van der Waals surface area contributed by atoms with Crippen LogP contribution in [0.5, 0.6) is 0 Å². The lowest BCUT2D eigenvalue weighted by Crippen LogP contribution is -2.17. The number of hydrogen-bond acceptors (Lipinski definition) is 4. The van der Waals surface area contributed by atoms with Crippen LogP contribution < -0.4 is 9.44 Å². The number of aryl methyl sites for hydroxylation is 2. The molecule has 8 heteroatoms. The Morgan fingerprint density at radius 3 is 1.97 bits per heavy atom. The minimum atomic E-state index is -3.85. The van der Waals surface area contributed by atoms with Crippen molar-refractivity contribution in [1.29, 1.82) is 0 Å². The molecular weight excluding hydrogens is 424 g/mol. The number of benzene rings is 3. The monoisotopic (exact) mass is 446 g/mol. The highest BCUT2D eigenvalue weighted by Crippen LogP contribution is 2.25. The van der Waals surface area contributed by atoms with E-state index in [4.69, 9.17) is 0 Å². The van der Waals surface area contributed by atoms with Gasteiger partial charge in [-0.15, -0.1) is 12.6 Å². The van der Waals surface area contributed by atoms with Gasteiger partial charge in [0.15, 0.2) is 0 Å². The average molecular weight is 447 g/mol. The predicted molar refractivity (Wildman–Crippen MR) is 124 cm³/mol. The van der Waals surface area contributed by atoms with Crippen molar-refractivity contribution in [3.8, 4) is 0 Å². The van der Waals surface area contributed by atoms with Gasteiger partial charge < -0.3 is 4.72 Å². The number of anilines is 2. The molecule has 1 unspecified atom stereocenters. The van der Waals surface area contributed by atoms with Gasteiger partial charge in [0.2, 0.25) is 0 Å². The lowest BCUT2D eigenvalue weighted by Gasteiger charge is -2.17. The SMILES string of the molecule is C=S(=O)(Nc1ccc(S)cc1)c1cc(S(=O)(=O)Nc2ccc(C)cc2)ccc1C. The number of thiol groups is 1. The summed E-state index contributed by atoms with van der Waals surface area (Å²) < 4.78 is 44.4. The Bertz CT molecular complexity index is 1230. The smallest absolute Gasteiger partial charge is 0.261 e. The van der Waals surface area contributed by atoms with Gasteiger partial charge in [0.25, 0.3) is 10.0 Å². The molecule has 3 aromatic carbocycles. The summed E-state index contributed by atoms with van der Waals surface area (Å²) in [6.45, 7) is 3.69. The summed E-state index contributed by atoms with van der Waals surface area (Å²) in [7, 11) is -6.83. The van der Waals surface area contributed by atoms with Crippen molar-refractivity contribution in [3.63, 3.8) is 0 Å². The van der Waals surface area contributed by atoms with Crippen LogP contribution in [0, 0.1) is 13.8 Å². The Labute approximate surface area is 177 Å². The minimum Gasteiger partial charge on any atom is -0.309 e. The summed E-state index contributed by atoms with van der Waals surface area (Å²) in [5, 5.41) is 0. The minimum absolute atomic E-state index is 0.0163. The fourth-order valence-corrected chi connectivity index (χ4v) is 5.55. The fraction of sp³-hybridized carbons (Fsp3) is 0.0952. The summed E-state index contributed by atoms with van der Waals surface area (Å²) in [6, 6.07) is 18.6. The topological polar surface area (TPSA) is 75.3 Å². The Balaban J connectivity index is 1.94. The summed E-state index contributed by atoms with van der Waals surface area (Å²) in [5.41, 5.74) is 2.77. The van der Waals surface area contributed by atoms with Gasteiger partial charge in [0.1, 0.15) is 0 Å². The van der Waals surface area contributed by atoms with E-state index in [0.717, 1.165) is 10.5 Å². The molecule has 0 aliphatic heterocycles. The van der Waals surface area contributed by atoms with E-state index < -0.39 is 19.7 Å². The highest BCUT2D eigenvalue weighted by atomic mass is 32.2. The van der Waals surface area contributed by atoms with E-state index in [2.05, 4.69) is 27.9 Å². The van der Waals surface area contributed by atoms with Gasteiger partial charge in [-0.05, 0) is 73.8 Å². The van der Waals surface area contributed by atoms with Gasteiger partial charge >= 0.3 is 0 Å². The zero-order valence-corrected chi connectivity index (χ0v) is 18.6. The zero-order chi connectivity index (χ0) is 21.2. The molecule has 0 fully saturated rings. The lowest BCUT2D eigenvalue weighted by atomic mass is 10.2. The Kier molecular flexibility index (Phi) is 5.97. The van der Waals surface area contributed by atoms with Crippen LogP contribution in [0.3, 0.4) is 0 Å². The van der Waals surface area contributed by atoms with E-state index in [1.165, 1.54) is 12.1 Å². The summed E-state index contributed by atoms with van der Waals surface area (Å²) in [6.07, 6.45) is 0. The molecule has 0 bridgehead atoms. The number of sulfonamides is 1. The second kappa shape index (κ2) is 8.14. The molecule has 0 radical (unpaired) electrons. The maximum Gasteiger partial charge on any atom is 0.261 e. The van der Waals surface area contributed by atoms with E-state index in [1.807, 2.05) is 19.1 Å². The van der Waals surface area contributed by atoms with Crippen molar-refractivity contribution >= 4 is 49.6 Å². The Hall–Kier alpha value is -2.42. The standard InChI is InChI=1S/C21H22N2O3S3/c1-15-4-7-18(8-5-15)23-29(25,26)20-13-6-16(2)21(14-20)28(3,24)22-17-9-11-19(27)12-10-17/h4-14,23,27H,3H2,1-2H3,(H,22,24). The molecule has 0 spiro atoms. The molecule has 0 aromatic heterocycles. The van der Waals surface area contributed by atoms with Crippen molar-refractivity contribution in [3.05, 3.63) is 77.9 Å². The maximum absolute atomic E-state index is 13.3. The Morgan fingerprint density at radius 2 is 1.34 bits per heavy atom. The van der Waals surface area contributed by atoms with E-state index in [-0.39, 0.29) is 4.90 Å². The van der Waals surface area contributed by atoms with Gasteiger partial charge in [-0.3, -0.25) is 4.72 Å². The first-order valence-electron chi connectivity index (χ1n) is 8.71. The summed E-state index contributed by atoms with van der Waals surface area (Å²) in [5.74, 6) is 3.82. The van der Waals surface area contributed by atoms with Crippen LogP contribution in [0.4, 0.5) is 11.4 Å². The fourth-order valence-electron chi connectivity index (χ4n) is 2.71. The van der Waals surface area contributed by atoms with Crippen molar-refractivity contribution in [2.45, 2.75) is 28.5 Å². The largest absolute Gasteiger partial charge is 0.309 e. The van der Waals surface area contributed by atoms with Crippen LogP contribution in [0.1, 0.15) is 11.1 Å². The molecule has 0 saturated carbocycles. The van der Waals surface area contributed by atoms with Gasteiger partial charge in [-0.2, -0.15) is 0 Å². The first kappa shape index (κ1) is 21.3. The summed E-state index contributed by atoms with van der Waals surface area (Å²) in [4.78, 5) is 1.12. The molecule has 0 aliphatic carbocycles. The quantitative estimate of drug-likeness (QED) is 0.386. The molecule has 0 saturated heterocycles. The van der Waals surface area contributed by atoms with Crippen molar-refractivity contribution in [1.82, 2.24) is 0 Å². The van der Waals surface area contributed by atoms with E-state index in [1.54, 1.807) is 49.4 Å². The molecule has 29 heavy (non-hydrogen) atoms. The second-order valence-corrected chi connectivity index (χ2v) is 10.9. The van der Waals surface area contributed by atoms with Gasteiger partial charge in [-0.1, -0.05) is 23.8 Å². The van der Waals surface area contributed by atoms with E-state index in [9.17, 15) is 12.6 Å². The van der Waals surface area contributed by atoms with Gasteiger partial charge in [-0.25, -0.2) is 12.6 Å². The van der Waals surface area contributed by atoms with Crippen LogP contribution in [-0.2, 0) is 19.7 Å². The molecule has 2 N–H and O–H groups in total. The average Bonchev–Trinajstić information content (AvgIpc) is 2.65. The highest BCUT2D eigenvalue weighted by Gasteiger charge is 2.19. The predicted octanol–water partition coefficient (Wildman–Crippen LogP) is 4.50. The molecule has 152 valence electrons. The van der Waals surface area contributed by atoms with Gasteiger partial charge in [0, 0.05) is 16.3 Å². The number of rotatable bonds is 6. The number of hydrogen-bond donors (Lipinski definition) is 3. The highest BCUT2D eigenvalue weighted by molar-refractivity contribution is 8.01. The number of nitrogens with one attached hydrogen (secondary N) is 2. The third-order valence-corrected chi connectivity index (χ3v) is 7.67. The first-order chi connectivity index (χ1) is 13.6. The molecular formula is C21H22N2O3S3. The van der Waals surface area contributed by atoms with Crippen LogP contribution >= 0.6 is 12.6 Å². The molecule has 0 heterocycles. The van der Waals surface area contributed by atoms with Crippen molar-refractivity contribution < 1.29 is 12.6 Å². The third kappa shape index (κ3) is 5.14. The first-order valence-corrected chi connectivity index (χ1v) is 12.4. The van der Waals surface area contributed by atoms with E-state index >= 15 is 0 Å².